The van der Waals surface area contributed by atoms with Gasteiger partial charge in [0.1, 0.15) is 11.6 Å². The summed E-state index contributed by atoms with van der Waals surface area (Å²) in [6, 6.07) is 0.584. The van der Waals surface area contributed by atoms with Gasteiger partial charge in [-0.15, -0.1) is 0 Å². The van der Waals surface area contributed by atoms with Crippen LogP contribution < -0.4 is 5.56 Å². The molecule has 0 aromatic carbocycles. The standard InChI is InChI=1S/C12H17ClN2O5S/c1-4-20-11(16)7-15(8(2)3)21(18,19)9-5-10(13)12(17)14-6-9/h5-6,8H,4,7H2,1-3H3,(H,14,17). The topological polar surface area (TPSA) is 96.5 Å². The van der Waals surface area contributed by atoms with E-state index < -0.39 is 34.1 Å². The van der Waals surface area contributed by atoms with Crippen LogP contribution >= 0.6 is 11.6 Å². The van der Waals surface area contributed by atoms with Gasteiger partial charge in [0.2, 0.25) is 10.0 Å². The predicted molar refractivity (Wildman–Crippen MR) is 77.7 cm³/mol. The molecule has 0 aliphatic rings. The molecule has 0 unspecified atom stereocenters. The fraction of sp³-hybridized carbons (Fsp3) is 0.500. The van der Waals surface area contributed by atoms with E-state index in [-0.39, 0.29) is 16.5 Å². The Labute approximate surface area is 127 Å². The fourth-order valence-corrected chi connectivity index (χ4v) is 3.41. The number of aromatic nitrogens is 1. The highest BCUT2D eigenvalue weighted by atomic mass is 35.5. The first-order valence-electron chi connectivity index (χ1n) is 6.25. The minimum atomic E-state index is -3.98. The molecule has 1 N–H and O–H groups in total. The number of carbonyl (C=O) groups is 1. The molecule has 0 fully saturated rings. The third kappa shape index (κ3) is 4.29. The molecule has 9 heteroatoms. The predicted octanol–water partition coefficient (Wildman–Crippen LogP) is 0.990. The van der Waals surface area contributed by atoms with Gasteiger partial charge in [-0.1, -0.05) is 11.6 Å². The van der Waals surface area contributed by atoms with E-state index in [0.29, 0.717) is 0 Å². The molecule has 118 valence electrons. The molecule has 1 rings (SSSR count). The number of rotatable bonds is 6. The van der Waals surface area contributed by atoms with Gasteiger partial charge in [-0.25, -0.2) is 8.42 Å². The number of nitrogens with one attached hydrogen (secondary N) is 1. The smallest absolute Gasteiger partial charge is 0.321 e. The van der Waals surface area contributed by atoms with E-state index in [9.17, 15) is 18.0 Å². The highest BCUT2D eigenvalue weighted by Crippen LogP contribution is 2.18. The average Bonchev–Trinajstić information content (AvgIpc) is 2.38. The zero-order valence-corrected chi connectivity index (χ0v) is 13.5. The molecule has 7 nitrogen and oxygen atoms in total. The number of carbonyl (C=O) groups excluding carboxylic acids is 1. The van der Waals surface area contributed by atoms with Crippen molar-refractivity contribution in [1.29, 1.82) is 0 Å². The summed E-state index contributed by atoms with van der Waals surface area (Å²) in [4.78, 5) is 24.8. The Morgan fingerprint density at radius 2 is 2.10 bits per heavy atom. The number of esters is 1. The number of hydrogen-bond donors (Lipinski definition) is 1. The summed E-state index contributed by atoms with van der Waals surface area (Å²) in [5.74, 6) is -0.648. The van der Waals surface area contributed by atoms with Crippen LogP contribution in [0, 0.1) is 0 Å². The van der Waals surface area contributed by atoms with Crippen LogP contribution in [0.3, 0.4) is 0 Å². The molecular weight excluding hydrogens is 320 g/mol. The van der Waals surface area contributed by atoms with E-state index in [4.69, 9.17) is 16.3 Å². The Kier molecular flexibility index (Phi) is 5.94. The molecule has 0 spiro atoms. The lowest BCUT2D eigenvalue weighted by molar-refractivity contribution is -0.143. The molecule has 0 bridgehead atoms. The Bertz CT molecular complexity index is 668. The maximum absolute atomic E-state index is 12.5. The van der Waals surface area contributed by atoms with Crippen LogP contribution in [-0.2, 0) is 19.6 Å². The minimum absolute atomic E-state index is 0.162. The van der Waals surface area contributed by atoms with Crippen molar-refractivity contribution >= 4 is 27.6 Å². The van der Waals surface area contributed by atoms with Crippen molar-refractivity contribution < 1.29 is 17.9 Å². The van der Waals surface area contributed by atoms with E-state index in [2.05, 4.69) is 4.98 Å². The molecule has 0 amide bonds. The second-order valence-corrected chi connectivity index (χ2v) is 6.76. The lowest BCUT2D eigenvalue weighted by Crippen LogP contribution is -2.41. The van der Waals surface area contributed by atoms with Crippen LogP contribution in [0.4, 0.5) is 0 Å². The molecule has 0 aliphatic carbocycles. The Hall–Kier alpha value is -1.38. The molecule has 0 aliphatic heterocycles. The summed E-state index contributed by atoms with van der Waals surface area (Å²) in [7, 11) is -3.98. The molecule has 1 aromatic heterocycles. The maximum Gasteiger partial charge on any atom is 0.321 e. The van der Waals surface area contributed by atoms with Crippen LogP contribution in [0.2, 0.25) is 5.02 Å². The molecule has 0 radical (unpaired) electrons. The van der Waals surface area contributed by atoms with Gasteiger partial charge in [0.25, 0.3) is 5.56 Å². The van der Waals surface area contributed by atoms with Crippen molar-refractivity contribution in [3.05, 3.63) is 27.6 Å². The number of H-pyrrole nitrogens is 1. The van der Waals surface area contributed by atoms with Gasteiger partial charge in [0.05, 0.1) is 11.5 Å². The molecule has 0 saturated carbocycles. The number of ether oxygens (including phenoxy) is 1. The number of sulfonamides is 1. The summed E-state index contributed by atoms with van der Waals surface area (Å²) in [5.41, 5.74) is -0.586. The zero-order chi connectivity index (χ0) is 16.2. The Morgan fingerprint density at radius 3 is 2.57 bits per heavy atom. The lowest BCUT2D eigenvalue weighted by Gasteiger charge is -2.24. The fourth-order valence-electron chi connectivity index (χ4n) is 1.60. The first-order valence-corrected chi connectivity index (χ1v) is 8.07. The highest BCUT2D eigenvalue weighted by Gasteiger charge is 2.30. The first-order chi connectivity index (χ1) is 9.70. The van der Waals surface area contributed by atoms with Crippen LogP contribution in [0.25, 0.3) is 0 Å². The lowest BCUT2D eigenvalue weighted by atomic mass is 10.4. The summed E-state index contributed by atoms with van der Waals surface area (Å²) in [5, 5.41) is -0.240. The van der Waals surface area contributed by atoms with Crippen molar-refractivity contribution in [2.75, 3.05) is 13.2 Å². The molecule has 21 heavy (non-hydrogen) atoms. The third-order valence-corrected chi connectivity index (χ3v) is 4.88. The van der Waals surface area contributed by atoms with Crippen molar-refractivity contribution in [3.8, 4) is 0 Å². The summed E-state index contributed by atoms with van der Waals surface area (Å²) in [6.45, 7) is 4.64. The van der Waals surface area contributed by atoms with E-state index in [1.165, 1.54) is 0 Å². The molecule has 0 saturated heterocycles. The van der Waals surface area contributed by atoms with Crippen molar-refractivity contribution in [2.24, 2.45) is 0 Å². The Morgan fingerprint density at radius 1 is 1.48 bits per heavy atom. The van der Waals surface area contributed by atoms with Gasteiger partial charge < -0.3 is 9.72 Å². The first kappa shape index (κ1) is 17.7. The van der Waals surface area contributed by atoms with Crippen LogP contribution in [0.5, 0.6) is 0 Å². The van der Waals surface area contributed by atoms with E-state index in [1.54, 1.807) is 20.8 Å². The van der Waals surface area contributed by atoms with E-state index in [1.807, 2.05) is 0 Å². The van der Waals surface area contributed by atoms with Gasteiger partial charge >= 0.3 is 5.97 Å². The molecular formula is C12H17ClN2O5S. The Balaban J connectivity index is 3.18. The number of pyridine rings is 1. The number of halogens is 1. The van der Waals surface area contributed by atoms with E-state index >= 15 is 0 Å². The maximum atomic E-state index is 12.5. The largest absolute Gasteiger partial charge is 0.465 e. The summed E-state index contributed by atoms with van der Waals surface area (Å²) < 4.78 is 30.8. The number of hydrogen-bond acceptors (Lipinski definition) is 5. The highest BCUT2D eigenvalue weighted by molar-refractivity contribution is 7.89. The number of aromatic amines is 1. The quantitative estimate of drug-likeness (QED) is 0.781. The minimum Gasteiger partial charge on any atom is -0.465 e. The normalized spacial score (nSPS) is 11.9. The number of nitrogens with zero attached hydrogens (tertiary/aromatic N) is 1. The van der Waals surface area contributed by atoms with Gasteiger partial charge in [-0.05, 0) is 26.8 Å². The SMILES string of the molecule is CCOC(=O)CN(C(C)C)S(=O)(=O)c1c[nH]c(=O)c(Cl)c1. The molecule has 1 heterocycles. The van der Waals surface area contributed by atoms with Crippen molar-refractivity contribution in [3.63, 3.8) is 0 Å². The van der Waals surface area contributed by atoms with Gasteiger partial charge in [0, 0.05) is 12.2 Å². The van der Waals surface area contributed by atoms with Crippen molar-refractivity contribution in [1.82, 2.24) is 9.29 Å². The van der Waals surface area contributed by atoms with Gasteiger partial charge in [-0.2, -0.15) is 4.31 Å². The average molecular weight is 337 g/mol. The van der Waals surface area contributed by atoms with E-state index in [0.717, 1.165) is 16.6 Å². The summed E-state index contributed by atoms with van der Waals surface area (Å²) >= 11 is 5.64. The molecule has 1 aromatic rings. The van der Waals surface area contributed by atoms with Gasteiger partial charge in [0.15, 0.2) is 0 Å². The third-order valence-electron chi connectivity index (χ3n) is 2.60. The van der Waals surface area contributed by atoms with Crippen LogP contribution in [-0.4, -0.2) is 42.9 Å². The summed E-state index contributed by atoms with van der Waals surface area (Å²) in [6.07, 6.45) is 1.05. The second-order valence-electron chi connectivity index (χ2n) is 4.46. The van der Waals surface area contributed by atoms with Crippen LogP contribution in [0.15, 0.2) is 22.0 Å². The van der Waals surface area contributed by atoms with Crippen molar-refractivity contribution in [2.45, 2.75) is 31.7 Å². The zero-order valence-electron chi connectivity index (χ0n) is 11.9. The monoisotopic (exact) mass is 336 g/mol. The molecule has 0 atom stereocenters. The second kappa shape index (κ2) is 7.06. The van der Waals surface area contributed by atoms with Crippen LogP contribution in [0.1, 0.15) is 20.8 Å². The van der Waals surface area contributed by atoms with Gasteiger partial charge in [-0.3, -0.25) is 9.59 Å².